The van der Waals surface area contributed by atoms with E-state index in [1.54, 1.807) is 12.1 Å². The Bertz CT molecular complexity index is 569. The van der Waals surface area contributed by atoms with E-state index in [2.05, 4.69) is 4.72 Å². The molecule has 20 heavy (non-hydrogen) atoms. The SMILES string of the molecule is NCc1ccc(S(=O)(=O)NC2CCC(O)CC2)c(Cl)c1. The Morgan fingerprint density at radius 2 is 1.95 bits per heavy atom. The second-order valence-corrected chi connectivity index (χ2v) is 7.19. The van der Waals surface area contributed by atoms with Gasteiger partial charge >= 0.3 is 0 Å². The van der Waals surface area contributed by atoms with Crippen LogP contribution in [-0.4, -0.2) is 25.7 Å². The zero-order valence-electron chi connectivity index (χ0n) is 11.0. The highest BCUT2D eigenvalue weighted by atomic mass is 35.5. The number of aliphatic hydroxyl groups is 1. The van der Waals surface area contributed by atoms with Gasteiger partial charge in [0.2, 0.25) is 10.0 Å². The minimum Gasteiger partial charge on any atom is -0.393 e. The molecule has 0 atom stereocenters. The van der Waals surface area contributed by atoms with Crippen LogP contribution in [0.25, 0.3) is 0 Å². The van der Waals surface area contributed by atoms with Crippen LogP contribution in [0.1, 0.15) is 31.2 Å². The molecule has 0 aromatic heterocycles. The maximum absolute atomic E-state index is 12.3. The summed E-state index contributed by atoms with van der Waals surface area (Å²) in [6.07, 6.45) is 2.20. The van der Waals surface area contributed by atoms with Crippen LogP contribution in [0.4, 0.5) is 0 Å². The maximum atomic E-state index is 12.3. The van der Waals surface area contributed by atoms with Gasteiger partial charge in [-0.3, -0.25) is 0 Å². The molecule has 1 fully saturated rings. The quantitative estimate of drug-likeness (QED) is 0.782. The lowest BCUT2D eigenvalue weighted by molar-refractivity contribution is 0.120. The summed E-state index contributed by atoms with van der Waals surface area (Å²) in [4.78, 5) is 0.0717. The zero-order valence-corrected chi connectivity index (χ0v) is 12.6. The number of rotatable bonds is 4. The highest BCUT2D eigenvalue weighted by molar-refractivity contribution is 7.89. The van der Waals surface area contributed by atoms with Gasteiger partial charge in [0.15, 0.2) is 0 Å². The Balaban J connectivity index is 2.14. The van der Waals surface area contributed by atoms with Crippen molar-refractivity contribution in [3.63, 3.8) is 0 Å². The number of hydrogen-bond donors (Lipinski definition) is 3. The van der Waals surface area contributed by atoms with Gasteiger partial charge in [-0.25, -0.2) is 13.1 Å². The van der Waals surface area contributed by atoms with Crippen molar-refractivity contribution >= 4 is 21.6 Å². The van der Waals surface area contributed by atoms with Crippen LogP contribution in [0, 0.1) is 0 Å². The summed E-state index contributed by atoms with van der Waals surface area (Å²) in [6, 6.07) is 4.56. The summed E-state index contributed by atoms with van der Waals surface area (Å²) in [7, 11) is -3.64. The lowest BCUT2D eigenvalue weighted by Gasteiger charge is -2.26. The molecule has 0 aliphatic heterocycles. The molecule has 7 heteroatoms. The Morgan fingerprint density at radius 1 is 1.30 bits per heavy atom. The molecule has 1 aliphatic rings. The molecule has 0 spiro atoms. The Kier molecular flexibility index (Phi) is 5.04. The second-order valence-electron chi connectivity index (χ2n) is 5.10. The van der Waals surface area contributed by atoms with Crippen LogP contribution in [0.2, 0.25) is 5.02 Å². The van der Waals surface area contributed by atoms with E-state index in [9.17, 15) is 13.5 Å². The predicted octanol–water partition coefficient (Wildman–Crippen LogP) is 1.38. The van der Waals surface area contributed by atoms with Crippen molar-refractivity contribution in [1.82, 2.24) is 4.72 Å². The molecule has 1 aromatic rings. The van der Waals surface area contributed by atoms with Crippen molar-refractivity contribution < 1.29 is 13.5 Å². The Hall–Kier alpha value is -0.660. The molecule has 5 nitrogen and oxygen atoms in total. The first-order valence-electron chi connectivity index (χ1n) is 6.61. The normalized spacial score (nSPS) is 23.8. The molecular formula is C13H19ClN2O3S. The van der Waals surface area contributed by atoms with Gasteiger partial charge in [0.05, 0.1) is 11.1 Å². The predicted molar refractivity (Wildman–Crippen MR) is 77.9 cm³/mol. The van der Waals surface area contributed by atoms with Crippen LogP contribution in [-0.2, 0) is 16.6 Å². The summed E-state index contributed by atoms with van der Waals surface area (Å²) in [6.45, 7) is 0.313. The van der Waals surface area contributed by atoms with Crippen LogP contribution >= 0.6 is 11.6 Å². The highest BCUT2D eigenvalue weighted by Gasteiger charge is 2.26. The van der Waals surface area contributed by atoms with E-state index in [1.165, 1.54) is 6.07 Å². The van der Waals surface area contributed by atoms with Crippen LogP contribution in [0.15, 0.2) is 23.1 Å². The number of nitrogens with one attached hydrogen (secondary N) is 1. The van der Waals surface area contributed by atoms with Crippen molar-refractivity contribution in [2.75, 3.05) is 0 Å². The van der Waals surface area contributed by atoms with Crippen molar-refractivity contribution in [2.45, 2.75) is 49.3 Å². The smallest absolute Gasteiger partial charge is 0.242 e. The summed E-state index contributed by atoms with van der Waals surface area (Å²) in [5.74, 6) is 0. The molecule has 2 rings (SSSR count). The van der Waals surface area contributed by atoms with E-state index in [0.29, 0.717) is 32.2 Å². The largest absolute Gasteiger partial charge is 0.393 e. The molecule has 0 heterocycles. The molecule has 0 saturated heterocycles. The number of aliphatic hydroxyl groups excluding tert-OH is 1. The molecule has 1 aliphatic carbocycles. The molecule has 112 valence electrons. The number of sulfonamides is 1. The van der Waals surface area contributed by atoms with Crippen LogP contribution in [0.5, 0.6) is 0 Å². The van der Waals surface area contributed by atoms with E-state index in [0.717, 1.165) is 5.56 Å². The Morgan fingerprint density at radius 3 is 2.50 bits per heavy atom. The summed E-state index contributed by atoms with van der Waals surface area (Å²) < 4.78 is 27.3. The summed E-state index contributed by atoms with van der Waals surface area (Å²) in [5, 5.41) is 9.61. The van der Waals surface area contributed by atoms with Gasteiger partial charge in [0, 0.05) is 12.6 Å². The fourth-order valence-corrected chi connectivity index (χ4v) is 4.24. The molecule has 1 saturated carbocycles. The standard InChI is InChI=1S/C13H19ClN2O3S/c14-12-7-9(8-15)1-6-13(12)20(18,19)16-10-2-4-11(17)5-3-10/h1,6-7,10-11,16-17H,2-5,8,15H2. The van der Waals surface area contributed by atoms with Gasteiger partial charge in [-0.15, -0.1) is 0 Å². The van der Waals surface area contributed by atoms with Gasteiger partial charge in [-0.1, -0.05) is 17.7 Å². The average molecular weight is 319 g/mol. The summed E-state index contributed by atoms with van der Waals surface area (Å²) in [5.41, 5.74) is 6.28. The van der Waals surface area contributed by atoms with E-state index >= 15 is 0 Å². The third-order valence-electron chi connectivity index (χ3n) is 3.54. The number of halogens is 1. The zero-order chi connectivity index (χ0) is 14.8. The monoisotopic (exact) mass is 318 g/mol. The molecule has 0 amide bonds. The van der Waals surface area contributed by atoms with E-state index in [-0.39, 0.29) is 22.1 Å². The van der Waals surface area contributed by atoms with E-state index < -0.39 is 10.0 Å². The Labute approximate surface area is 124 Å². The first-order valence-corrected chi connectivity index (χ1v) is 8.47. The molecular weight excluding hydrogens is 300 g/mol. The third-order valence-corrected chi connectivity index (χ3v) is 5.54. The molecule has 0 radical (unpaired) electrons. The lowest BCUT2D eigenvalue weighted by atomic mass is 9.94. The highest BCUT2D eigenvalue weighted by Crippen LogP contribution is 2.25. The second kappa shape index (κ2) is 6.41. The number of benzene rings is 1. The third kappa shape index (κ3) is 3.71. The first kappa shape index (κ1) is 15.7. The van der Waals surface area contributed by atoms with Gasteiger partial charge < -0.3 is 10.8 Å². The minimum absolute atomic E-state index is 0.0717. The molecule has 1 aromatic carbocycles. The van der Waals surface area contributed by atoms with Crippen LogP contribution in [0.3, 0.4) is 0 Å². The first-order chi connectivity index (χ1) is 9.42. The summed E-state index contributed by atoms with van der Waals surface area (Å²) >= 11 is 6.02. The van der Waals surface area contributed by atoms with Gasteiger partial charge in [-0.2, -0.15) is 0 Å². The van der Waals surface area contributed by atoms with Crippen molar-refractivity contribution in [2.24, 2.45) is 5.73 Å². The van der Waals surface area contributed by atoms with Gasteiger partial charge in [0.1, 0.15) is 4.90 Å². The van der Waals surface area contributed by atoms with E-state index in [4.69, 9.17) is 17.3 Å². The van der Waals surface area contributed by atoms with E-state index in [1.807, 2.05) is 0 Å². The molecule has 4 N–H and O–H groups in total. The molecule has 0 bridgehead atoms. The average Bonchev–Trinajstić information content (AvgIpc) is 2.40. The fourth-order valence-electron chi connectivity index (χ4n) is 2.37. The van der Waals surface area contributed by atoms with Crippen molar-refractivity contribution in [1.29, 1.82) is 0 Å². The minimum atomic E-state index is -3.64. The maximum Gasteiger partial charge on any atom is 0.242 e. The lowest BCUT2D eigenvalue weighted by Crippen LogP contribution is -2.38. The topological polar surface area (TPSA) is 92.4 Å². The number of hydrogen-bond acceptors (Lipinski definition) is 4. The molecule has 0 unspecified atom stereocenters. The number of nitrogens with two attached hydrogens (primary N) is 1. The van der Waals surface area contributed by atoms with Crippen LogP contribution < -0.4 is 10.5 Å². The van der Waals surface area contributed by atoms with Crippen molar-refractivity contribution in [3.05, 3.63) is 28.8 Å². The fraction of sp³-hybridized carbons (Fsp3) is 0.538. The van der Waals surface area contributed by atoms with Crippen molar-refractivity contribution in [3.8, 4) is 0 Å². The van der Waals surface area contributed by atoms with Gasteiger partial charge in [0.25, 0.3) is 0 Å². The van der Waals surface area contributed by atoms with Gasteiger partial charge in [-0.05, 0) is 43.4 Å².